The minimum atomic E-state index is -4.71. The van der Waals surface area contributed by atoms with Crippen molar-refractivity contribution in [1.82, 2.24) is 4.98 Å². The van der Waals surface area contributed by atoms with E-state index in [0.717, 1.165) is 11.3 Å². The first-order valence-corrected chi connectivity index (χ1v) is 6.67. The largest absolute Gasteiger partial charge is 0.573 e. The molecular formula is C15H16F3IN4O. The number of halogens is 4. The van der Waals surface area contributed by atoms with E-state index in [-0.39, 0.29) is 35.7 Å². The predicted octanol–water partition coefficient (Wildman–Crippen LogP) is 3.83. The average molecular weight is 452 g/mol. The zero-order chi connectivity index (χ0) is 16.9. The van der Waals surface area contributed by atoms with Gasteiger partial charge in [-0.25, -0.2) is 4.99 Å². The number of aromatic nitrogens is 1. The van der Waals surface area contributed by atoms with Crippen molar-refractivity contribution in [1.29, 1.82) is 0 Å². The molecule has 0 aliphatic carbocycles. The lowest BCUT2D eigenvalue weighted by Crippen LogP contribution is -2.22. The number of nitrogens with two attached hydrogens (primary N) is 1. The Morgan fingerprint density at radius 3 is 2.50 bits per heavy atom. The number of nitrogens with one attached hydrogen (secondary N) is 1. The number of aryl methyl sites for hydroxylation is 1. The predicted molar refractivity (Wildman–Crippen MR) is 96.5 cm³/mol. The number of rotatable bonds is 4. The number of aliphatic imine (C=N–C) groups is 1. The molecule has 2 rings (SSSR count). The van der Waals surface area contributed by atoms with Crippen molar-refractivity contribution in [2.75, 3.05) is 5.32 Å². The van der Waals surface area contributed by atoms with Gasteiger partial charge in [0, 0.05) is 11.9 Å². The highest BCUT2D eigenvalue weighted by molar-refractivity contribution is 14.0. The fourth-order valence-electron chi connectivity index (χ4n) is 1.77. The van der Waals surface area contributed by atoms with Gasteiger partial charge < -0.3 is 15.8 Å². The molecule has 0 spiro atoms. The van der Waals surface area contributed by atoms with Crippen LogP contribution in [0, 0.1) is 6.92 Å². The Labute approximate surface area is 154 Å². The standard InChI is InChI=1S/C15H15F3N4O.HI/c1-10-3-2-8-20-13(10)9-21-14(19)22-11-4-6-12(7-5-11)23-15(16,17)18;/h2-8H,9H2,1H3,(H3,19,21,22);1H. The van der Waals surface area contributed by atoms with Crippen LogP contribution in [0.25, 0.3) is 0 Å². The molecule has 2 aromatic rings. The van der Waals surface area contributed by atoms with E-state index in [1.165, 1.54) is 24.3 Å². The summed E-state index contributed by atoms with van der Waals surface area (Å²) in [4.78, 5) is 8.33. The molecule has 1 aromatic heterocycles. The molecule has 9 heteroatoms. The van der Waals surface area contributed by atoms with Crippen molar-refractivity contribution < 1.29 is 17.9 Å². The van der Waals surface area contributed by atoms with Crippen molar-refractivity contribution in [3.05, 3.63) is 53.9 Å². The highest BCUT2D eigenvalue weighted by atomic mass is 127. The Bertz CT molecular complexity index is 690. The lowest BCUT2D eigenvalue weighted by Gasteiger charge is -2.10. The number of nitrogens with zero attached hydrogens (tertiary/aromatic N) is 2. The van der Waals surface area contributed by atoms with Gasteiger partial charge in [-0.05, 0) is 42.8 Å². The number of alkyl halides is 3. The molecule has 130 valence electrons. The Hall–Kier alpha value is -2.04. The van der Waals surface area contributed by atoms with Crippen LogP contribution in [0.15, 0.2) is 47.6 Å². The minimum Gasteiger partial charge on any atom is -0.406 e. The van der Waals surface area contributed by atoms with Crippen LogP contribution in [0.4, 0.5) is 18.9 Å². The second-order valence-corrected chi connectivity index (χ2v) is 4.67. The molecule has 0 radical (unpaired) electrons. The van der Waals surface area contributed by atoms with Crippen molar-refractivity contribution in [2.24, 2.45) is 10.7 Å². The maximum Gasteiger partial charge on any atom is 0.573 e. The minimum absolute atomic E-state index is 0. The Kier molecular flexibility index (Phi) is 7.26. The highest BCUT2D eigenvalue weighted by Crippen LogP contribution is 2.23. The van der Waals surface area contributed by atoms with Crippen LogP contribution in [-0.2, 0) is 6.54 Å². The number of guanidine groups is 1. The number of hydrogen-bond donors (Lipinski definition) is 2. The van der Waals surface area contributed by atoms with Gasteiger partial charge in [0.25, 0.3) is 0 Å². The molecule has 0 bridgehead atoms. The first-order valence-electron chi connectivity index (χ1n) is 6.67. The third-order valence-electron chi connectivity index (χ3n) is 2.88. The van der Waals surface area contributed by atoms with Gasteiger partial charge in [-0.1, -0.05) is 6.07 Å². The fraction of sp³-hybridized carbons (Fsp3) is 0.200. The maximum absolute atomic E-state index is 12.1. The molecule has 5 nitrogen and oxygen atoms in total. The first kappa shape index (κ1) is 20.0. The number of hydrogen-bond acceptors (Lipinski definition) is 3. The monoisotopic (exact) mass is 452 g/mol. The molecule has 3 N–H and O–H groups in total. The molecule has 0 saturated carbocycles. The Morgan fingerprint density at radius 2 is 1.92 bits per heavy atom. The van der Waals surface area contributed by atoms with E-state index in [2.05, 4.69) is 20.0 Å². The number of anilines is 1. The summed E-state index contributed by atoms with van der Waals surface area (Å²) in [6.45, 7) is 2.22. The summed E-state index contributed by atoms with van der Waals surface area (Å²) in [7, 11) is 0. The molecule has 0 amide bonds. The van der Waals surface area contributed by atoms with Gasteiger partial charge in [0.1, 0.15) is 5.75 Å². The van der Waals surface area contributed by atoms with Crippen molar-refractivity contribution >= 4 is 35.6 Å². The van der Waals surface area contributed by atoms with E-state index in [0.29, 0.717) is 12.2 Å². The summed E-state index contributed by atoms with van der Waals surface area (Å²) < 4.78 is 40.0. The zero-order valence-electron chi connectivity index (χ0n) is 12.7. The molecule has 0 fully saturated rings. The van der Waals surface area contributed by atoms with Crippen molar-refractivity contribution in [2.45, 2.75) is 19.8 Å². The topological polar surface area (TPSA) is 72.5 Å². The molecule has 0 atom stereocenters. The molecule has 0 aliphatic heterocycles. The lowest BCUT2D eigenvalue weighted by molar-refractivity contribution is -0.274. The molecule has 1 aromatic carbocycles. The van der Waals surface area contributed by atoms with Crippen LogP contribution in [0.3, 0.4) is 0 Å². The van der Waals surface area contributed by atoms with Gasteiger partial charge >= 0.3 is 6.36 Å². The van der Waals surface area contributed by atoms with Crippen LogP contribution >= 0.6 is 24.0 Å². The van der Waals surface area contributed by atoms with E-state index in [1.54, 1.807) is 6.20 Å². The molecule has 24 heavy (non-hydrogen) atoms. The molecule has 0 unspecified atom stereocenters. The van der Waals surface area contributed by atoms with Crippen LogP contribution in [0.1, 0.15) is 11.3 Å². The smallest absolute Gasteiger partial charge is 0.406 e. The second-order valence-electron chi connectivity index (χ2n) is 4.67. The van der Waals surface area contributed by atoms with E-state index in [1.807, 2.05) is 19.1 Å². The summed E-state index contributed by atoms with van der Waals surface area (Å²) >= 11 is 0. The Morgan fingerprint density at radius 1 is 1.25 bits per heavy atom. The summed E-state index contributed by atoms with van der Waals surface area (Å²) in [6.07, 6.45) is -3.04. The van der Waals surface area contributed by atoms with Crippen LogP contribution in [0.2, 0.25) is 0 Å². The lowest BCUT2D eigenvalue weighted by atomic mass is 10.2. The number of ether oxygens (including phenoxy) is 1. The van der Waals surface area contributed by atoms with Crippen molar-refractivity contribution in [3.63, 3.8) is 0 Å². The number of pyridine rings is 1. The average Bonchev–Trinajstić information content (AvgIpc) is 2.47. The third-order valence-corrected chi connectivity index (χ3v) is 2.88. The van der Waals surface area contributed by atoms with Gasteiger partial charge in [-0.3, -0.25) is 4.98 Å². The van der Waals surface area contributed by atoms with Crippen LogP contribution < -0.4 is 15.8 Å². The van der Waals surface area contributed by atoms with E-state index in [9.17, 15) is 13.2 Å². The third kappa shape index (κ3) is 6.60. The summed E-state index contributed by atoms with van der Waals surface area (Å²) in [6, 6.07) is 8.94. The quantitative estimate of drug-likeness (QED) is 0.420. The normalized spacial score (nSPS) is 11.6. The van der Waals surface area contributed by atoms with Gasteiger partial charge in [0.15, 0.2) is 5.96 Å². The van der Waals surface area contributed by atoms with Crippen molar-refractivity contribution in [3.8, 4) is 5.75 Å². The summed E-state index contributed by atoms with van der Waals surface area (Å²) in [5, 5.41) is 2.78. The zero-order valence-corrected chi connectivity index (χ0v) is 15.0. The Balaban J connectivity index is 0.00000288. The van der Waals surface area contributed by atoms with Gasteiger partial charge in [0.2, 0.25) is 0 Å². The van der Waals surface area contributed by atoms with E-state index < -0.39 is 6.36 Å². The SMILES string of the molecule is Cc1cccnc1CN=C(N)Nc1ccc(OC(F)(F)F)cc1.I. The molecule has 0 saturated heterocycles. The van der Waals surface area contributed by atoms with Crippen LogP contribution in [0.5, 0.6) is 5.75 Å². The molecule has 0 aliphatic rings. The summed E-state index contributed by atoms with van der Waals surface area (Å²) in [5.41, 5.74) is 8.04. The maximum atomic E-state index is 12.1. The van der Waals surface area contributed by atoms with E-state index >= 15 is 0 Å². The second kappa shape index (κ2) is 8.71. The van der Waals surface area contributed by atoms with E-state index in [4.69, 9.17) is 5.73 Å². The van der Waals surface area contributed by atoms with Crippen LogP contribution in [-0.4, -0.2) is 17.3 Å². The van der Waals surface area contributed by atoms with Gasteiger partial charge in [-0.15, -0.1) is 37.1 Å². The fourth-order valence-corrected chi connectivity index (χ4v) is 1.77. The van der Waals surface area contributed by atoms with Gasteiger partial charge in [0.05, 0.1) is 12.2 Å². The molecule has 1 heterocycles. The molecular weight excluding hydrogens is 436 g/mol. The first-order chi connectivity index (χ1) is 10.8. The highest BCUT2D eigenvalue weighted by Gasteiger charge is 2.30. The van der Waals surface area contributed by atoms with Gasteiger partial charge in [-0.2, -0.15) is 0 Å². The number of benzene rings is 1. The summed E-state index contributed by atoms with van der Waals surface area (Å²) in [5.74, 6) is -0.165.